The number of amides is 1. The standard InChI is InChI=1S/C19H22F3N5O2/c1-2-24-18(26-12-17(28)27-15-4-3-9-23-11-15)25-10-14-5-7-16(8-6-14)29-13-19(20,21)22/h3-9,11H,2,10,12-13H2,1H3,(H,27,28)(H2,24,25,26). The highest BCUT2D eigenvalue weighted by atomic mass is 19.4. The van der Waals surface area contributed by atoms with E-state index in [0.29, 0.717) is 18.2 Å². The number of hydrogen-bond donors (Lipinski definition) is 3. The van der Waals surface area contributed by atoms with Gasteiger partial charge in [0.1, 0.15) is 5.75 Å². The van der Waals surface area contributed by atoms with Crippen molar-refractivity contribution >= 4 is 17.6 Å². The Morgan fingerprint density at radius 1 is 1.17 bits per heavy atom. The van der Waals surface area contributed by atoms with Crippen LogP contribution in [0.15, 0.2) is 53.8 Å². The number of benzene rings is 1. The molecule has 0 saturated heterocycles. The van der Waals surface area contributed by atoms with E-state index in [2.05, 4.69) is 30.7 Å². The highest BCUT2D eigenvalue weighted by molar-refractivity contribution is 5.94. The number of nitrogens with one attached hydrogen (secondary N) is 3. The molecule has 156 valence electrons. The largest absolute Gasteiger partial charge is 0.484 e. The average Bonchev–Trinajstić information content (AvgIpc) is 2.69. The van der Waals surface area contributed by atoms with Crippen LogP contribution in [-0.4, -0.2) is 42.7 Å². The van der Waals surface area contributed by atoms with Crippen molar-refractivity contribution in [2.75, 3.05) is 25.0 Å². The van der Waals surface area contributed by atoms with Gasteiger partial charge in [-0.1, -0.05) is 12.1 Å². The number of carbonyl (C=O) groups excluding carboxylic acids is 1. The summed E-state index contributed by atoms with van der Waals surface area (Å²) in [7, 11) is 0. The maximum absolute atomic E-state index is 12.2. The molecule has 3 N–H and O–H groups in total. The molecule has 0 aliphatic heterocycles. The summed E-state index contributed by atoms with van der Waals surface area (Å²) in [5.41, 5.74) is 1.37. The van der Waals surface area contributed by atoms with Gasteiger partial charge in [0, 0.05) is 12.7 Å². The van der Waals surface area contributed by atoms with E-state index >= 15 is 0 Å². The minimum Gasteiger partial charge on any atom is -0.484 e. The van der Waals surface area contributed by atoms with E-state index in [-0.39, 0.29) is 24.7 Å². The van der Waals surface area contributed by atoms with Crippen molar-refractivity contribution in [1.29, 1.82) is 0 Å². The van der Waals surface area contributed by atoms with Crippen molar-refractivity contribution in [3.05, 3.63) is 54.4 Å². The Bertz CT molecular complexity index is 796. The first-order valence-corrected chi connectivity index (χ1v) is 8.86. The van der Waals surface area contributed by atoms with Crippen molar-refractivity contribution in [3.63, 3.8) is 0 Å². The monoisotopic (exact) mass is 409 g/mol. The van der Waals surface area contributed by atoms with Crippen molar-refractivity contribution in [2.45, 2.75) is 19.6 Å². The van der Waals surface area contributed by atoms with E-state index in [1.165, 1.54) is 12.1 Å². The third kappa shape index (κ3) is 8.96. The molecule has 7 nitrogen and oxygen atoms in total. The van der Waals surface area contributed by atoms with Gasteiger partial charge >= 0.3 is 6.18 Å². The zero-order valence-electron chi connectivity index (χ0n) is 15.8. The molecule has 0 aliphatic rings. The lowest BCUT2D eigenvalue weighted by atomic mass is 10.2. The number of rotatable bonds is 8. The third-order valence-electron chi connectivity index (χ3n) is 3.45. The molecule has 0 bridgehead atoms. The zero-order chi connectivity index (χ0) is 21.1. The molecule has 1 aromatic heterocycles. The van der Waals surface area contributed by atoms with Gasteiger partial charge < -0.3 is 20.7 Å². The van der Waals surface area contributed by atoms with Gasteiger partial charge in [-0.15, -0.1) is 0 Å². The Morgan fingerprint density at radius 3 is 2.55 bits per heavy atom. The number of halogens is 3. The topological polar surface area (TPSA) is 87.6 Å². The number of guanidine groups is 1. The van der Waals surface area contributed by atoms with Gasteiger partial charge in [0.2, 0.25) is 5.91 Å². The van der Waals surface area contributed by atoms with E-state index in [0.717, 1.165) is 5.56 Å². The SMILES string of the molecule is CCNC(=NCc1ccc(OCC(F)(F)F)cc1)NCC(=O)Nc1cccnc1. The van der Waals surface area contributed by atoms with Crippen molar-refractivity contribution in [3.8, 4) is 5.75 Å². The molecule has 10 heteroatoms. The molecule has 1 heterocycles. The first-order chi connectivity index (χ1) is 13.9. The van der Waals surface area contributed by atoms with Gasteiger partial charge in [-0.05, 0) is 36.8 Å². The summed E-state index contributed by atoms with van der Waals surface area (Å²) in [5.74, 6) is 0.313. The molecule has 2 rings (SSSR count). The maximum atomic E-state index is 12.2. The van der Waals surface area contributed by atoms with Crippen LogP contribution < -0.4 is 20.7 Å². The predicted molar refractivity (Wildman–Crippen MR) is 104 cm³/mol. The van der Waals surface area contributed by atoms with Gasteiger partial charge in [-0.3, -0.25) is 9.78 Å². The summed E-state index contributed by atoms with van der Waals surface area (Å²) in [4.78, 5) is 20.3. The van der Waals surface area contributed by atoms with Crippen LogP contribution in [0, 0.1) is 0 Å². The molecule has 0 fully saturated rings. The van der Waals surface area contributed by atoms with Gasteiger partial charge in [0.25, 0.3) is 0 Å². The van der Waals surface area contributed by atoms with Crippen LogP contribution in [0.1, 0.15) is 12.5 Å². The fourth-order valence-electron chi connectivity index (χ4n) is 2.17. The van der Waals surface area contributed by atoms with E-state index in [4.69, 9.17) is 0 Å². The van der Waals surface area contributed by atoms with Crippen LogP contribution in [0.4, 0.5) is 18.9 Å². The lowest BCUT2D eigenvalue weighted by Gasteiger charge is -2.12. The van der Waals surface area contributed by atoms with Crippen LogP contribution in [-0.2, 0) is 11.3 Å². The number of hydrogen-bond acceptors (Lipinski definition) is 4. The quantitative estimate of drug-likeness (QED) is 0.461. The van der Waals surface area contributed by atoms with E-state index < -0.39 is 12.8 Å². The molecule has 1 aromatic carbocycles. The summed E-state index contributed by atoms with van der Waals surface area (Å²) >= 11 is 0. The summed E-state index contributed by atoms with van der Waals surface area (Å²) in [5, 5.41) is 8.63. The number of nitrogens with zero attached hydrogens (tertiary/aromatic N) is 2. The van der Waals surface area contributed by atoms with E-state index in [1.54, 1.807) is 36.7 Å². The van der Waals surface area contributed by atoms with E-state index in [9.17, 15) is 18.0 Å². The molecule has 0 aliphatic carbocycles. The number of carbonyl (C=O) groups is 1. The smallest absolute Gasteiger partial charge is 0.422 e. The van der Waals surface area contributed by atoms with Gasteiger partial charge in [0.05, 0.1) is 25.0 Å². The highest BCUT2D eigenvalue weighted by Crippen LogP contribution is 2.19. The Labute approximate surface area is 166 Å². The molecule has 29 heavy (non-hydrogen) atoms. The van der Waals surface area contributed by atoms with Crippen molar-refractivity contribution in [2.24, 2.45) is 4.99 Å². The molecule has 0 atom stereocenters. The lowest BCUT2D eigenvalue weighted by molar-refractivity contribution is -0.153. The molecular weight excluding hydrogens is 387 g/mol. The summed E-state index contributed by atoms with van der Waals surface area (Å²) in [6, 6.07) is 9.62. The normalized spacial score (nSPS) is 11.7. The first-order valence-electron chi connectivity index (χ1n) is 8.86. The number of ether oxygens (including phenoxy) is 1. The third-order valence-corrected chi connectivity index (χ3v) is 3.45. The van der Waals surface area contributed by atoms with Crippen LogP contribution >= 0.6 is 0 Å². The van der Waals surface area contributed by atoms with Gasteiger partial charge in [-0.2, -0.15) is 13.2 Å². The maximum Gasteiger partial charge on any atom is 0.422 e. The Balaban J connectivity index is 1.85. The molecule has 0 unspecified atom stereocenters. The summed E-state index contributed by atoms with van der Waals surface area (Å²) in [6.45, 7) is 1.43. The number of aromatic nitrogens is 1. The number of pyridine rings is 1. The molecule has 0 radical (unpaired) electrons. The van der Waals surface area contributed by atoms with Crippen LogP contribution in [0.5, 0.6) is 5.75 Å². The summed E-state index contributed by atoms with van der Waals surface area (Å²) < 4.78 is 41.2. The molecule has 2 aromatic rings. The summed E-state index contributed by atoms with van der Waals surface area (Å²) in [6.07, 6.45) is -1.23. The fourth-order valence-corrected chi connectivity index (χ4v) is 2.17. The van der Waals surface area contributed by atoms with Crippen molar-refractivity contribution < 1.29 is 22.7 Å². The first kappa shape index (κ1) is 22.0. The lowest BCUT2D eigenvalue weighted by Crippen LogP contribution is -2.41. The fraction of sp³-hybridized carbons (Fsp3) is 0.316. The minimum absolute atomic E-state index is 0.00491. The second-order valence-corrected chi connectivity index (χ2v) is 5.89. The zero-order valence-corrected chi connectivity index (χ0v) is 15.8. The number of anilines is 1. The Morgan fingerprint density at radius 2 is 1.93 bits per heavy atom. The van der Waals surface area contributed by atoms with Crippen LogP contribution in [0.3, 0.4) is 0 Å². The van der Waals surface area contributed by atoms with Crippen molar-refractivity contribution in [1.82, 2.24) is 15.6 Å². The molecular formula is C19H22F3N5O2. The molecule has 1 amide bonds. The Kier molecular flexibility index (Phi) is 8.26. The van der Waals surface area contributed by atoms with Gasteiger partial charge in [-0.25, -0.2) is 4.99 Å². The van der Waals surface area contributed by atoms with E-state index in [1.807, 2.05) is 6.92 Å². The average molecular weight is 409 g/mol. The Hall–Kier alpha value is -3.30. The molecule has 0 saturated carbocycles. The second kappa shape index (κ2) is 10.9. The minimum atomic E-state index is -4.38. The molecule has 0 spiro atoms. The second-order valence-electron chi connectivity index (χ2n) is 5.89. The van der Waals surface area contributed by atoms with Crippen LogP contribution in [0.2, 0.25) is 0 Å². The van der Waals surface area contributed by atoms with Gasteiger partial charge in [0.15, 0.2) is 12.6 Å². The number of alkyl halides is 3. The predicted octanol–water partition coefficient (Wildman–Crippen LogP) is 2.72. The highest BCUT2D eigenvalue weighted by Gasteiger charge is 2.28. The number of aliphatic imine (C=N–C) groups is 1. The van der Waals surface area contributed by atoms with Crippen LogP contribution in [0.25, 0.3) is 0 Å².